The van der Waals surface area contributed by atoms with E-state index in [0.29, 0.717) is 11.5 Å². The first-order valence-corrected chi connectivity index (χ1v) is 4.80. The lowest BCUT2D eigenvalue weighted by Crippen LogP contribution is -1.99. The second kappa shape index (κ2) is 3.85. The zero-order chi connectivity index (χ0) is 10.8. The third-order valence-electron chi connectivity index (χ3n) is 2.59. The first-order valence-electron chi connectivity index (χ1n) is 4.80. The van der Waals surface area contributed by atoms with Crippen LogP contribution < -0.4 is 14.2 Å². The number of allylic oxidation sites excluding steroid dienone is 1. The molecule has 3 nitrogen and oxygen atoms in total. The fourth-order valence-corrected chi connectivity index (χ4v) is 1.90. The van der Waals surface area contributed by atoms with Crippen molar-refractivity contribution in [2.24, 2.45) is 0 Å². The van der Waals surface area contributed by atoms with Gasteiger partial charge in [0.05, 0.1) is 21.3 Å². The molecule has 0 saturated carbocycles. The van der Waals surface area contributed by atoms with Crippen LogP contribution in [0.15, 0.2) is 12.1 Å². The van der Waals surface area contributed by atoms with E-state index in [1.807, 2.05) is 6.07 Å². The van der Waals surface area contributed by atoms with Crippen LogP contribution >= 0.6 is 0 Å². The highest BCUT2D eigenvalue weighted by atomic mass is 16.5. The molecule has 15 heavy (non-hydrogen) atoms. The van der Waals surface area contributed by atoms with E-state index in [4.69, 9.17) is 14.2 Å². The summed E-state index contributed by atoms with van der Waals surface area (Å²) in [4.78, 5) is 0. The first-order chi connectivity index (χ1) is 7.31. The van der Waals surface area contributed by atoms with E-state index in [-0.39, 0.29) is 0 Å². The number of ether oxygens (including phenoxy) is 3. The molecule has 1 aromatic carbocycles. The van der Waals surface area contributed by atoms with Crippen LogP contribution in [0.1, 0.15) is 11.1 Å². The number of rotatable bonds is 3. The molecule has 0 unspecified atom stereocenters. The number of methoxy groups -OCH3 is 3. The summed E-state index contributed by atoms with van der Waals surface area (Å²) in [5.41, 5.74) is 2.31. The SMILES string of the molecule is COc1cc2c(c(OC)c1OC)CC=C2. The molecule has 2 rings (SSSR count). The minimum absolute atomic E-state index is 0.669. The van der Waals surface area contributed by atoms with Crippen molar-refractivity contribution in [3.8, 4) is 17.2 Å². The Labute approximate surface area is 89.3 Å². The lowest BCUT2D eigenvalue weighted by atomic mass is 10.1. The number of hydrogen-bond donors (Lipinski definition) is 0. The van der Waals surface area contributed by atoms with Crippen molar-refractivity contribution in [3.63, 3.8) is 0 Å². The van der Waals surface area contributed by atoms with Gasteiger partial charge in [-0.15, -0.1) is 0 Å². The Morgan fingerprint density at radius 3 is 2.33 bits per heavy atom. The van der Waals surface area contributed by atoms with Crippen LogP contribution in [0.25, 0.3) is 6.08 Å². The summed E-state index contributed by atoms with van der Waals surface area (Å²) in [6.07, 6.45) is 5.06. The standard InChI is InChI=1S/C12H14O3/c1-13-10-7-8-5-4-6-9(8)11(14-2)12(10)15-3/h4-5,7H,6H2,1-3H3. The van der Waals surface area contributed by atoms with Gasteiger partial charge < -0.3 is 14.2 Å². The Kier molecular flexibility index (Phi) is 2.54. The lowest BCUT2D eigenvalue weighted by Gasteiger charge is -2.15. The average Bonchev–Trinajstić information content (AvgIpc) is 2.73. The van der Waals surface area contributed by atoms with Crippen molar-refractivity contribution in [2.75, 3.05) is 21.3 Å². The molecule has 0 heterocycles. The van der Waals surface area contributed by atoms with Gasteiger partial charge in [0, 0.05) is 5.56 Å². The summed E-state index contributed by atoms with van der Waals surface area (Å²) in [5, 5.41) is 0. The Morgan fingerprint density at radius 2 is 1.73 bits per heavy atom. The molecule has 0 aliphatic heterocycles. The number of hydrogen-bond acceptors (Lipinski definition) is 3. The van der Waals surface area contributed by atoms with Crippen molar-refractivity contribution in [1.82, 2.24) is 0 Å². The molecule has 1 aromatic rings. The van der Waals surface area contributed by atoms with Crippen molar-refractivity contribution >= 4 is 6.08 Å². The monoisotopic (exact) mass is 206 g/mol. The molecule has 0 bridgehead atoms. The Balaban J connectivity index is 2.64. The van der Waals surface area contributed by atoms with Crippen molar-refractivity contribution in [2.45, 2.75) is 6.42 Å². The van der Waals surface area contributed by atoms with Crippen LogP contribution in [0.3, 0.4) is 0 Å². The highest BCUT2D eigenvalue weighted by Gasteiger charge is 2.20. The van der Waals surface area contributed by atoms with E-state index in [0.717, 1.165) is 23.3 Å². The number of benzene rings is 1. The van der Waals surface area contributed by atoms with Gasteiger partial charge in [-0.1, -0.05) is 12.2 Å². The van der Waals surface area contributed by atoms with E-state index in [1.54, 1.807) is 21.3 Å². The topological polar surface area (TPSA) is 27.7 Å². The molecule has 0 saturated heterocycles. The van der Waals surface area contributed by atoms with E-state index in [2.05, 4.69) is 12.2 Å². The molecule has 0 aromatic heterocycles. The predicted octanol–water partition coefficient (Wildman–Crippen LogP) is 2.28. The quantitative estimate of drug-likeness (QED) is 0.759. The lowest BCUT2D eigenvalue weighted by molar-refractivity contribution is 0.322. The summed E-state index contributed by atoms with van der Waals surface area (Å²) in [6, 6.07) is 1.97. The molecule has 0 amide bonds. The van der Waals surface area contributed by atoms with Gasteiger partial charge in [-0.3, -0.25) is 0 Å². The van der Waals surface area contributed by atoms with Gasteiger partial charge in [-0.05, 0) is 18.1 Å². The largest absolute Gasteiger partial charge is 0.493 e. The zero-order valence-corrected chi connectivity index (χ0v) is 9.16. The summed E-state index contributed by atoms with van der Waals surface area (Å²) in [6.45, 7) is 0. The van der Waals surface area contributed by atoms with Gasteiger partial charge in [0.15, 0.2) is 11.5 Å². The van der Waals surface area contributed by atoms with Crippen molar-refractivity contribution in [3.05, 3.63) is 23.3 Å². The van der Waals surface area contributed by atoms with Crippen LogP contribution in [0, 0.1) is 0 Å². The van der Waals surface area contributed by atoms with E-state index < -0.39 is 0 Å². The second-order valence-electron chi connectivity index (χ2n) is 3.32. The maximum absolute atomic E-state index is 5.38. The van der Waals surface area contributed by atoms with Gasteiger partial charge in [-0.25, -0.2) is 0 Å². The van der Waals surface area contributed by atoms with Gasteiger partial charge in [0.25, 0.3) is 0 Å². The maximum Gasteiger partial charge on any atom is 0.203 e. The minimum Gasteiger partial charge on any atom is -0.493 e. The summed E-state index contributed by atoms with van der Waals surface area (Å²) in [5.74, 6) is 2.15. The van der Waals surface area contributed by atoms with Crippen LogP contribution in [-0.4, -0.2) is 21.3 Å². The normalized spacial score (nSPS) is 12.5. The van der Waals surface area contributed by atoms with Crippen molar-refractivity contribution in [1.29, 1.82) is 0 Å². The molecular weight excluding hydrogens is 192 g/mol. The third-order valence-corrected chi connectivity index (χ3v) is 2.59. The Morgan fingerprint density at radius 1 is 1.00 bits per heavy atom. The fraction of sp³-hybridized carbons (Fsp3) is 0.333. The smallest absolute Gasteiger partial charge is 0.203 e. The predicted molar refractivity (Wildman–Crippen MR) is 58.8 cm³/mol. The molecule has 0 N–H and O–H groups in total. The minimum atomic E-state index is 0.669. The summed E-state index contributed by atoms with van der Waals surface area (Å²) < 4.78 is 15.9. The molecule has 80 valence electrons. The van der Waals surface area contributed by atoms with Crippen LogP contribution in [0.5, 0.6) is 17.2 Å². The summed E-state index contributed by atoms with van der Waals surface area (Å²) in [7, 11) is 4.90. The van der Waals surface area contributed by atoms with Crippen LogP contribution in [0.2, 0.25) is 0 Å². The molecule has 3 heteroatoms. The van der Waals surface area contributed by atoms with E-state index in [9.17, 15) is 0 Å². The van der Waals surface area contributed by atoms with Crippen molar-refractivity contribution < 1.29 is 14.2 Å². The van der Waals surface area contributed by atoms with Gasteiger partial charge in [-0.2, -0.15) is 0 Å². The fourth-order valence-electron chi connectivity index (χ4n) is 1.90. The second-order valence-corrected chi connectivity index (χ2v) is 3.32. The molecule has 1 aliphatic rings. The van der Waals surface area contributed by atoms with Gasteiger partial charge >= 0.3 is 0 Å². The number of fused-ring (bicyclic) bond motifs is 1. The first kappa shape index (κ1) is 9.90. The highest BCUT2D eigenvalue weighted by Crippen LogP contribution is 2.44. The van der Waals surface area contributed by atoms with Crippen LogP contribution in [-0.2, 0) is 6.42 Å². The maximum atomic E-state index is 5.38. The third kappa shape index (κ3) is 1.44. The highest BCUT2D eigenvalue weighted by molar-refractivity contribution is 5.71. The van der Waals surface area contributed by atoms with Gasteiger partial charge in [0.2, 0.25) is 5.75 Å². The Bertz CT molecular complexity index is 408. The van der Waals surface area contributed by atoms with Gasteiger partial charge in [0.1, 0.15) is 0 Å². The molecule has 0 fully saturated rings. The molecule has 0 atom stereocenters. The molecule has 1 aliphatic carbocycles. The molecule has 0 spiro atoms. The van der Waals surface area contributed by atoms with E-state index >= 15 is 0 Å². The molecule has 0 radical (unpaired) electrons. The Hall–Kier alpha value is -1.64. The van der Waals surface area contributed by atoms with E-state index in [1.165, 1.54) is 0 Å². The van der Waals surface area contributed by atoms with Crippen LogP contribution in [0.4, 0.5) is 0 Å². The average molecular weight is 206 g/mol. The summed E-state index contributed by atoms with van der Waals surface area (Å²) >= 11 is 0. The molecular formula is C12H14O3. The zero-order valence-electron chi connectivity index (χ0n) is 9.16.